The zero-order valence-corrected chi connectivity index (χ0v) is 13.6. The highest BCUT2D eigenvalue weighted by molar-refractivity contribution is 5.74. The number of rotatable bonds is 7. The van der Waals surface area contributed by atoms with Crippen molar-refractivity contribution in [1.82, 2.24) is 19.9 Å². The Morgan fingerprint density at radius 2 is 2.04 bits per heavy atom. The monoisotopic (exact) mass is 324 g/mol. The maximum atomic E-state index is 10.8. The minimum atomic E-state index is -0.791. The summed E-state index contributed by atoms with van der Waals surface area (Å²) < 4.78 is 0. The first-order valence-corrected chi connectivity index (χ1v) is 7.88. The number of hydrogen-bond acceptors (Lipinski definition) is 4. The van der Waals surface area contributed by atoms with Gasteiger partial charge in [0.2, 0.25) is 0 Å². The summed E-state index contributed by atoms with van der Waals surface area (Å²) >= 11 is 0. The first-order valence-electron chi connectivity index (χ1n) is 7.88. The van der Waals surface area contributed by atoms with E-state index in [4.69, 9.17) is 5.11 Å². The lowest BCUT2D eigenvalue weighted by molar-refractivity contribution is -0.136. The standard InChI is InChI=1S/C18H20N4O2/c1-22(12-17-20-14-6-2-3-7-15(14)21-17)11-16-13(5-4-10-19-16)8-9-18(23)24/h2-7,10H,8-9,11-12H2,1H3,(H,20,21)(H,23,24). The normalized spacial score (nSPS) is 11.2. The molecule has 0 saturated heterocycles. The number of carboxylic acids is 1. The fourth-order valence-electron chi connectivity index (χ4n) is 2.73. The van der Waals surface area contributed by atoms with E-state index < -0.39 is 5.97 Å². The molecule has 0 aliphatic rings. The van der Waals surface area contributed by atoms with Crippen molar-refractivity contribution in [3.63, 3.8) is 0 Å². The number of nitrogens with zero attached hydrogens (tertiary/aromatic N) is 3. The van der Waals surface area contributed by atoms with Crippen LogP contribution in [0.4, 0.5) is 0 Å². The van der Waals surface area contributed by atoms with E-state index in [1.165, 1.54) is 0 Å². The van der Waals surface area contributed by atoms with Crippen LogP contribution in [0, 0.1) is 0 Å². The summed E-state index contributed by atoms with van der Waals surface area (Å²) in [5, 5.41) is 8.87. The van der Waals surface area contributed by atoms with E-state index in [1.807, 2.05) is 43.4 Å². The lowest BCUT2D eigenvalue weighted by atomic mass is 10.1. The zero-order valence-electron chi connectivity index (χ0n) is 13.6. The lowest BCUT2D eigenvalue weighted by Gasteiger charge is -2.16. The molecule has 6 heteroatoms. The lowest BCUT2D eigenvalue weighted by Crippen LogP contribution is -2.20. The molecular weight excluding hydrogens is 304 g/mol. The highest BCUT2D eigenvalue weighted by Gasteiger charge is 2.11. The number of nitrogens with one attached hydrogen (secondary N) is 1. The van der Waals surface area contributed by atoms with Crippen molar-refractivity contribution >= 4 is 17.0 Å². The largest absolute Gasteiger partial charge is 0.481 e. The molecule has 0 bridgehead atoms. The third-order valence-corrected chi connectivity index (χ3v) is 3.87. The SMILES string of the molecule is CN(Cc1nc2ccccc2[nH]1)Cc1ncccc1CCC(=O)O. The molecule has 3 rings (SSSR count). The van der Waals surface area contributed by atoms with Crippen LogP contribution >= 0.6 is 0 Å². The van der Waals surface area contributed by atoms with Crippen molar-refractivity contribution in [2.24, 2.45) is 0 Å². The van der Waals surface area contributed by atoms with Crippen LogP contribution in [0.3, 0.4) is 0 Å². The average molecular weight is 324 g/mol. The molecule has 0 spiro atoms. The molecule has 0 aliphatic carbocycles. The van der Waals surface area contributed by atoms with E-state index in [9.17, 15) is 4.79 Å². The van der Waals surface area contributed by atoms with Crippen molar-refractivity contribution in [1.29, 1.82) is 0 Å². The van der Waals surface area contributed by atoms with Crippen molar-refractivity contribution in [2.45, 2.75) is 25.9 Å². The van der Waals surface area contributed by atoms with Crippen LogP contribution in [0.5, 0.6) is 0 Å². The van der Waals surface area contributed by atoms with Gasteiger partial charge in [0.1, 0.15) is 5.82 Å². The van der Waals surface area contributed by atoms with Gasteiger partial charge < -0.3 is 10.1 Å². The summed E-state index contributed by atoms with van der Waals surface area (Å²) in [6.45, 7) is 1.32. The van der Waals surface area contributed by atoms with Crippen LogP contribution in [0.25, 0.3) is 11.0 Å². The molecule has 0 aliphatic heterocycles. The number of pyridine rings is 1. The minimum Gasteiger partial charge on any atom is -0.481 e. The van der Waals surface area contributed by atoms with Gasteiger partial charge in [0.15, 0.2) is 0 Å². The van der Waals surface area contributed by atoms with E-state index in [-0.39, 0.29) is 6.42 Å². The molecule has 1 aromatic carbocycles. The van der Waals surface area contributed by atoms with Gasteiger partial charge in [-0.25, -0.2) is 4.98 Å². The molecule has 124 valence electrons. The number of aliphatic carboxylic acids is 1. The molecule has 2 N–H and O–H groups in total. The van der Waals surface area contributed by atoms with Gasteiger partial charge in [-0.15, -0.1) is 0 Å². The number of fused-ring (bicyclic) bond motifs is 1. The Bertz CT molecular complexity index is 811. The summed E-state index contributed by atoms with van der Waals surface area (Å²) in [4.78, 5) is 25.2. The number of aromatic amines is 1. The van der Waals surface area contributed by atoms with Crippen LogP contribution in [-0.4, -0.2) is 38.0 Å². The molecule has 0 saturated carbocycles. The number of aryl methyl sites for hydroxylation is 1. The van der Waals surface area contributed by atoms with Crippen LogP contribution < -0.4 is 0 Å². The minimum absolute atomic E-state index is 0.117. The highest BCUT2D eigenvalue weighted by Crippen LogP contribution is 2.14. The fourth-order valence-corrected chi connectivity index (χ4v) is 2.73. The van der Waals surface area contributed by atoms with Crippen LogP contribution in [-0.2, 0) is 24.3 Å². The Balaban J connectivity index is 1.68. The summed E-state index contributed by atoms with van der Waals surface area (Å²) in [6, 6.07) is 11.7. The second-order valence-electron chi connectivity index (χ2n) is 5.88. The van der Waals surface area contributed by atoms with Crippen molar-refractivity contribution < 1.29 is 9.90 Å². The third-order valence-electron chi connectivity index (χ3n) is 3.87. The predicted molar refractivity (Wildman–Crippen MR) is 91.5 cm³/mol. The zero-order chi connectivity index (χ0) is 16.9. The first kappa shape index (κ1) is 16.1. The molecule has 3 aromatic rings. The summed E-state index contributed by atoms with van der Waals surface area (Å²) in [5.74, 6) is 0.113. The van der Waals surface area contributed by atoms with E-state index in [1.54, 1.807) is 6.20 Å². The van der Waals surface area contributed by atoms with E-state index in [2.05, 4.69) is 19.9 Å². The summed E-state index contributed by atoms with van der Waals surface area (Å²) in [5.41, 5.74) is 3.88. The van der Waals surface area contributed by atoms with Crippen molar-refractivity contribution in [3.05, 3.63) is 59.7 Å². The van der Waals surface area contributed by atoms with Gasteiger partial charge in [0.25, 0.3) is 0 Å². The van der Waals surface area contributed by atoms with Gasteiger partial charge >= 0.3 is 5.97 Å². The number of benzene rings is 1. The Morgan fingerprint density at radius 1 is 1.21 bits per heavy atom. The average Bonchev–Trinajstić information content (AvgIpc) is 2.96. The van der Waals surface area contributed by atoms with Gasteiger partial charge in [0, 0.05) is 19.2 Å². The molecule has 2 heterocycles. The summed E-state index contributed by atoms with van der Waals surface area (Å²) in [7, 11) is 2.00. The topological polar surface area (TPSA) is 82.1 Å². The molecular formula is C18H20N4O2. The van der Waals surface area contributed by atoms with Gasteiger partial charge in [-0.3, -0.25) is 14.7 Å². The van der Waals surface area contributed by atoms with Gasteiger partial charge in [0.05, 0.1) is 23.3 Å². The maximum absolute atomic E-state index is 10.8. The number of para-hydroxylation sites is 2. The molecule has 0 atom stereocenters. The van der Waals surface area contributed by atoms with Crippen LogP contribution in [0.1, 0.15) is 23.5 Å². The van der Waals surface area contributed by atoms with Crippen molar-refractivity contribution in [2.75, 3.05) is 7.05 Å². The third kappa shape index (κ3) is 3.97. The fraction of sp³-hybridized carbons (Fsp3) is 0.278. The maximum Gasteiger partial charge on any atom is 0.303 e. The molecule has 0 fully saturated rings. The van der Waals surface area contributed by atoms with E-state index >= 15 is 0 Å². The van der Waals surface area contributed by atoms with Gasteiger partial charge in [-0.2, -0.15) is 0 Å². The number of hydrogen-bond donors (Lipinski definition) is 2. The molecule has 0 amide bonds. The quantitative estimate of drug-likeness (QED) is 0.698. The van der Waals surface area contributed by atoms with E-state index in [0.717, 1.165) is 28.1 Å². The molecule has 24 heavy (non-hydrogen) atoms. The van der Waals surface area contributed by atoms with Gasteiger partial charge in [-0.1, -0.05) is 18.2 Å². The smallest absolute Gasteiger partial charge is 0.303 e. The number of carboxylic acid groups (broad SMARTS) is 1. The van der Waals surface area contributed by atoms with Crippen LogP contribution in [0.2, 0.25) is 0 Å². The Labute approximate surface area is 140 Å². The summed E-state index contributed by atoms with van der Waals surface area (Å²) in [6.07, 6.45) is 2.36. The molecule has 6 nitrogen and oxygen atoms in total. The van der Waals surface area contributed by atoms with Gasteiger partial charge in [-0.05, 0) is 37.2 Å². The number of H-pyrrole nitrogens is 1. The first-order chi connectivity index (χ1) is 11.6. The van der Waals surface area contributed by atoms with E-state index in [0.29, 0.717) is 19.5 Å². The van der Waals surface area contributed by atoms with Crippen molar-refractivity contribution in [3.8, 4) is 0 Å². The number of aromatic nitrogens is 3. The number of carbonyl (C=O) groups is 1. The predicted octanol–water partition coefficient (Wildman–Crippen LogP) is 2.61. The Kier molecular flexibility index (Phi) is 4.86. The Morgan fingerprint density at radius 3 is 2.83 bits per heavy atom. The Hall–Kier alpha value is -2.73. The highest BCUT2D eigenvalue weighted by atomic mass is 16.4. The van der Waals surface area contributed by atoms with Crippen LogP contribution in [0.15, 0.2) is 42.6 Å². The number of imidazole rings is 1. The molecule has 2 aromatic heterocycles. The molecule has 0 radical (unpaired) electrons. The second kappa shape index (κ2) is 7.23. The second-order valence-corrected chi connectivity index (χ2v) is 5.88. The molecule has 0 unspecified atom stereocenters.